The van der Waals surface area contributed by atoms with Gasteiger partial charge < -0.3 is 9.84 Å². The Morgan fingerprint density at radius 1 is 1.24 bits per heavy atom. The summed E-state index contributed by atoms with van der Waals surface area (Å²) in [5.74, 6) is -0.308. The lowest BCUT2D eigenvalue weighted by atomic mass is 9.70. The second-order valence-corrected chi connectivity index (χ2v) is 6.53. The van der Waals surface area contributed by atoms with Crippen molar-refractivity contribution in [2.24, 2.45) is 16.7 Å². The van der Waals surface area contributed by atoms with Gasteiger partial charge in [0.25, 0.3) is 0 Å². The SMILES string of the molecule is CCC(C)(C)CC(C(=O)OCCO)C(C)(C)C. The smallest absolute Gasteiger partial charge is 0.309 e. The Balaban J connectivity index is 4.72. The first-order chi connectivity index (χ1) is 7.64. The van der Waals surface area contributed by atoms with Gasteiger partial charge in [-0.25, -0.2) is 0 Å². The number of aliphatic hydroxyl groups excluding tert-OH is 1. The normalized spacial score (nSPS) is 14.5. The van der Waals surface area contributed by atoms with Gasteiger partial charge in [0, 0.05) is 0 Å². The number of hydrogen-bond donors (Lipinski definition) is 1. The molecule has 0 saturated carbocycles. The van der Waals surface area contributed by atoms with Crippen LogP contribution in [-0.4, -0.2) is 24.3 Å². The molecule has 0 bridgehead atoms. The zero-order chi connectivity index (χ0) is 13.7. The van der Waals surface area contributed by atoms with Gasteiger partial charge in [0.1, 0.15) is 6.61 Å². The predicted octanol–water partition coefficient (Wildman–Crippen LogP) is 3.01. The molecule has 17 heavy (non-hydrogen) atoms. The number of hydrogen-bond acceptors (Lipinski definition) is 3. The number of carbonyl (C=O) groups excluding carboxylic acids is 1. The van der Waals surface area contributed by atoms with E-state index in [0.717, 1.165) is 12.8 Å². The summed E-state index contributed by atoms with van der Waals surface area (Å²) in [6.07, 6.45) is 1.85. The minimum atomic E-state index is -0.187. The molecule has 0 aliphatic rings. The van der Waals surface area contributed by atoms with E-state index in [0.29, 0.717) is 0 Å². The number of carbonyl (C=O) groups is 1. The fourth-order valence-electron chi connectivity index (χ4n) is 1.69. The van der Waals surface area contributed by atoms with Gasteiger partial charge in [0.2, 0.25) is 0 Å². The third kappa shape index (κ3) is 6.06. The third-order valence-corrected chi connectivity index (χ3v) is 3.38. The molecule has 0 aromatic carbocycles. The average Bonchev–Trinajstić information content (AvgIpc) is 2.21. The molecule has 0 aromatic heterocycles. The molecule has 3 nitrogen and oxygen atoms in total. The Hall–Kier alpha value is -0.570. The van der Waals surface area contributed by atoms with Crippen molar-refractivity contribution in [3.8, 4) is 0 Å². The van der Waals surface area contributed by atoms with Crippen molar-refractivity contribution in [3.63, 3.8) is 0 Å². The molecular weight excluding hydrogens is 216 g/mol. The van der Waals surface area contributed by atoms with Crippen LogP contribution >= 0.6 is 0 Å². The van der Waals surface area contributed by atoms with Crippen molar-refractivity contribution in [2.45, 2.75) is 54.4 Å². The molecule has 0 heterocycles. The zero-order valence-corrected chi connectivity index (χ0v) is 12.2. The molecule has 0 amide bonds. The fraction of sp³-hybridized carbons (Fsp3) is 0.929. The first-order valence-corrected chi connectivity index (χ1v) is 6.41. The monoisotopic (exact) mass is 244 g/mol. The van der Waals surface area contributed by atoms with Crippen molar-refractivity contribution >= 4 is 5.97 Å². The molecule has 3 heteroatoms. The summed E-state index contributed by atoms with van der Waals surface area (Å²) in [5.41, 5.74) is 0.0230. The first-order valence-electron chi connectivity index (χ1n) is 6.41. The molecule has 0 spiro atoms. The van der Waals surface area contributed by atoms with Crippen LogP contribution in [0.1, 0.15) is 54.4 Å². The summed E-state index contributed by atoms with van der Waals surface area (Å²) in [6, 6.07) is 0. The Labute approximate surface area is 106 Å². The number of ether oxygens (including phenoxy) is 1. The van der Waals surface area contributed by atoms with Gasteiger partial charge in [-0.15, -0.1) is 0 Å². The van der Waals surface area contributed by atoms with Crippen molar-refractivity contribution < 1.29 is 14.6 Å². The van der Waals surface area contributed by atoms with E-state index in [2.05, 4.69) is 41.5 Å². The van der Waals surface area contributed by atoms with E-state index in [1.165, 1.54) is 0 Å². The van der Waals surface area contributed by atoms with Gasteiger partial charge in [-0.05, 0) is 17.3 Å². The van der Waals surface area contributed by atoms with E-state index < -0.39 is 0 Å². The molecule has 0 fully saturated rings. The van der Waals surface area contributed by atoms with Crippen molar-refractivity contribution in [1.82, 2.24) is 0 Å². The quantitative estimate of drug-likeness (QED) is 0.731. The Kier molecular flexibility index (Phi) is 6.17. The summed E-state index contributed by atoms with van der Waals surface area (Å²) < 4.78 is 5.08. The van der Waals surface area contributed by atoms with E-state index in [4.69, 9.17) is 9.84 Å². The highest BCUT2D eigenvalue weighted by atomic mass is 16.5. The minimum Gasteiger partial charge on any atom is -0.463 e. The van der Waals surface area contributed by atoms with E-state index in [9.17, 15) is 4.79 Å². The lowest BCUT2D eigenvalue weighted by Gasteiger charge is -2.35. The molecule has 1 atom stereocenters. The average molecular weight is 244 g/mol. The van der Waals surface area contributed by atoms with Crippen LogP contribution in [0.2, 0.25) is 0 Å². The molecule has 0 radical (unpaired) electrons. The largest absolute Gasteiger partial charge is 0.463 e. The third-order valence-electron chi connectivity index (χ3n) is 3.38. The standard InChI is InChI=1S/C14H28O3/c1-7-14(5,6)10-11(13(2,3)4)12(16)17-9-8-15/h11,15H,7-10H2,1-6H3. The second kappa shape index (κ2) is 6.39. The highest BCUT2D eigenvalue weighted by Gasteiger charge is 2.36. The number of rotatable bonds is 6. The number of esters is 1. The first kappa shape index (κ1) is 16.4. The number of aliphatic hydroxyl groups is 1. The van der Waals surface area contributed by atoms with Gasteiger partial charge in [0.15, 0.2) is 0 Å². The van der Waals surface area contributed by atoms with Gasteiger partial charge >= 0.3 is 5.97 Å². The molecule has 102 valence electrons. The fourth-order valence-corrected chi connectivity index (χ4v) is 1.69. The Morgan fingerprint density at radius 2 is 1.76 bits per heavy atom. The highest BCUT2D eigenvalue weighted by Crippen LogP contribution is 2.38. The Morgan fingerprint density at radius 3 is 2.12 bits per heavy atom. The summed E-state index contributed by atoms with van der Waals surface area (Å²) in [4.78, 5) is 12.0. The minimum absolute atomic E-state index is 0.0952. The van der Waals surface area contributed by atoms with Crippen molar-refractivity contribution in [2.75, 3.05) is 13.2 Å². The summed E-state index contributed by atoms with van der Waals surface area (Å²) >= 11 is 0. The van der Waals surface area contributed by atoms with Crippen LogP contribution in [0.5, 0.6) is 0 Å². The maximum atomic E-state index is 12.0. The van der Waals surface area contributed by atoms with E-state index in [1.54, 1.807) is 0 Å². The van der Waals surface area contributed by atoms with E-state index >= 15 is 0 Å². The Bertz CT molecular complexity index is 238. The van der Waals surface area contributed by atoms with Crippen LogP contribution in [0.4, 0.5) is 0 Å². The summed E-state index contributed by atoms with van der Waals surface area (Å²) in [5, 5.41) is 8.70. The maximum absolute atomic E-state index is 12.0. The van der Waals surface area contributed by atoms with Crippen LogP contribution in [0, 0.1) is 16.7 Å². The molecule has 1 unspecified atom stereocenters. The topological polar surface area (TPSA) is 46.5 Å². The summed E-state index contributed by atoms with van der Waals surface area (Å²) in [6.45, 7) is 12.6. The lowest BCUT2D eigenvalue weighted by molar-refractivity contribution is -0.155. The maximum Gasteiger partial charge on any atom is 0.309 e. The van der Waals surface area contributed by atoms with Gasteiger partial charge in [-0.1, -0.05) is 48.0 Å². The van der Waals surface area contributed by atoms with Crippen LogP contribution in [0.25, 0.3) is 0 Å². The van der Waals surface area contributed by atoms with Gasteiger partial charge in [-0.2, -0.15) is 0 Å². The van der Waals surface area contributed by atoms with Crippen LogP contribution in [0.15, 0.2) is 0 Å². The molecular formula is C14H28O3. The summed E-state index contributed by atoms with van der Waals surface area (Å²) in [7, 11) is 0. The van der Waals surface area contributed by atoms with Crippen LogP contribution in [0.3, 0.4) is 0 Å². The van der Waals surface area contributed by atoms with Gasteiger partial charge in [-0.3, -0.25) is 4.79 Å². The zero-order valence-electron chi connectivity index (χ0n) is 12.2. The highest BCUT2D eigenvalue weighted by molar-refractivity contribution is 5.73. The second-order valence-electron chi connectivity index (χ2n) is 6.53. The predicted molar refractivity (Wildman–Crippen MR) is 69.7 cm³/mol. The van der Waals surface area contributed by atoms with E-state index in [-0.39, 0.29) is 35.9 Å². The van der Waals surface area contributed by atoms with Crippen LogP contribution < -0.4 is 0 Å². The van der Waals surface area contributed by atoms with E-state index in [1.807, 2.05) is 0 Å². The van der Waals surface area contributed by atoms with Gasteiger partial charge in [0.05, 0.1) is 12.5 Å². The van der Waals surface area contributed by atoms with Crippen LogP contribution in [-0.2, 0) is 9.53 Å². The molecule has 0 aromatic rings. The molecule has 0 rings (SSSR count). The van der Waals surface area contributed by atoms with Crippen molar-refractivity contribution in [1.29, 1.82) is 0 Å². The molecule has 0 aliphatic carbocycles. The lowest BCUT2D eigenvalue weighted by Crippen LogP contribution is -2.34. The molecule has 1 N–H and O–H groups in total. The van der Waals surface area contributed by atoms with Crippen molar-refractivity contribution in [3.05, 3.63) is 0 Å². The molecule has 0 saturated heterocycles. The molecule has 0 aliphatic heterocycles.